The lowest BCUT2D eigenvalue weighted by atomic mass is 10.0. The topological polar surface area (TPSA) is 237 Å². The Labute approximate surface area is 549 Å². The quantitative estimate of drug-likeness (QED) is 0.0222. The zero-order valence-corrected chi connectivity index (χ0v) is 59.9. The van der Waals surface area contributed by atoms with E-state index in [4.69, 9.17) is 37.0 Å². The van der Waals surface area contributed by atoms with Crippen molar-refractivity contribution in [3.63, 3.8) is 0 Å². The van der Waals surface area contributed by atoms with Gasteiger partial charge >= 0.3 is 39.5 Å². The van der Waals surface area contributed by atoms with E-state index in [1.807, 2.05) is 0 Å². The lowest BCUT2D eigenvalue weighted by Gasteiger charge is -2.21. The number of phosphoric acid groups is 2. The minimum atomic E-state index is -4.95. The van der Waals surface area contributed by atoms with Crippen molar-refractivity contribution in [2.24, 2.45) is 0 Å². The van der Waals surface area contributed by atoms with Crippen LogP contribution in [0.2, 0.25) is 0 Å². The first-order valence-corrected chi connectivity index (χ1v) is 40.3. The van der Waals surface area contributed by atoms with Crippen molar-refractivity contribution in [3.8, 4) is 0 Å². The van der Waals surface area contributed by atoms with Gasteiger partial charge in [0.2, 0.25) is 0 Å². The van der Waals surface area contributed by atoms with Gasteiger partial charge < -0.3 is 33.8 Å². The van der Waals surface area contributed by atoms with E-state index in [0.29, 0.717) is 25.7 Å². The summed E-state index contributed by atoms with van der Waals surface area (Å²) >= 11 is 0. The van der Waals surface area contributed by atoms with E-state index in [-0.39, 0.29) is 25.7 Å². The molecule has 5 atom stereocenters. The zero-order chi connectivity index (χ0) is 66.1. The van der Waals surface area contributed by atoms with Crippen LogP contribution in [0.3, 0.4) is 0 Å². The number of unbranched alkanes of at least 4 members (excludes halogenated alkanes) is 46. The molecule has 0 aliphatic rings. The summed E-state index contributed by atoms with van der Waals surface area (Å²) in [4.78, 5) is 72.2. The number of carbonyl (C=O) groups excluding carboxylic acids is 4. The number of hydrogen-bond donors (Lipinski definition) is 3. The molecule has 0 aromatic heterocycles. The molecule has 2 unspecified atom stereocenters. The molecule has 0 saturated carbocycles. The van der Waals surface area contributed by atoms with Crippen LogP contribution in [-0.2, 0) is 65.4 Å². The van der Waals surface area contributed by atoms with Crippen molar-refractivity contribution in [1.82, 2.24) is 0 Å². The van der Waals surface area contributed by atoms with Crippen molar-refractivity contribution in [3.05, 3.63) is 0 Å². The Morgan fingerprint density at radius 3 is 0.656 bits per heavy atom. The molecule has 534 valence electrons. The lowest BCUT2D eigenvalue weighted by molar-refractivity contribution is -0.161. The summed E-state index contributed by atoms with van der Waals surface area (Å²) in [5, 5.41) is 10.6. The van der Waals surface area contributed by atoms with Gasteiger partial charge in [-0.3, -0.25) is 37.3 Å². The fraction of sp³-hybridized carbons (Fsp3) is 0.944. The molecule has 0 aliphatic carbocycles. The predicted molar refractivity (Wildman–Crippen MR) is 363 cm³/mol. The maximum atomic E-state index is 13.0. The molecule has 0 aliphatic heterocycles. The standard InChI is InChI=1S/C71H138O17P2/c1-5-9-13-17-20-23-26-28-29-30-31-32-33-34-35-36-37-40-43-46-50-54-58-71(76)88-67(62-82-69(74)56-52-48-44-41-39-27-24-21-18-14-10-6-2)64-86-90(79,80)84-60-65(72)59-83-89(77,78)85-63-66(61-81-68(73)55-51-47-16-12-8-4)87-70(75)57-53-49-45-42-38-25-22-19-15-11-7-3/h65-67,72H,5-64H2,1-4H3,(H,77,78)(H,79,80)/t65-,66+,67+/m0/s1. The van der Waals surface area contributed by atoms with E-state index >= 15 is 0 Å². The van der Waals surface area contributed by atoms with Crippen molar-refractivity contribution < 1.29 is 80.2 Å². The fourth-order valence-electron chi connectivity index (χ4n) is 10.9. The number of aliphatic hydroxyl groups is 1. The number of phosphoric ester groups is 2. The van der Waals surface area contributed by atoms with Gasteiger partial charge in [-0.05, 0) is 25.7 Å². The molecule has 0 rings (SSSR count). The minimum Gasteiger partial charge on any atom is -0.462 e. The van der Waals surface area contributed by atoms with Crippen LogP contribution in [0.15, 0.2) is 0 Å². The molecule has 0 amide bonds. The molecule has 0 radical (unpaired) electrons. The second-order valence-corrected chi connectivity index (χ2v) is 28.5. The molecule has 0 heterocycles. The third-order valence-corrected chi connectivity index (χ3v) is 18.5. The first-order valence-electron chi connectivity index (χ1n) is 37.3. The SMILES string of the molecule is CCCCCCCCCCCCCCCCCCCCCCCCC(=O)O[C@H](COC(=O)CCCCCCCCCCCCCC)COP(=O)(O)OC[C@@H](O)COP(=O)(O)OC[C@@H](COC(=O)CCCCCCC)OC(=O)CCCCCCCCCCCCC. The molecule has 0 aromatic rings. The Morgan fingerprint density at radius 2 is 0.444 bits per heavy atom. The van der Waals surface area contributed by atoms with Crippen LogP contribution in [0.25, 0.3) is 0 Å². The smallest absolute Gasteiger partial charge is 0.462 e. The number of ether oxygens (including phenoxy) is 4. The highest BCUT2D eigenvalue weighted by atomic mass is 31.2. The van der Waals surface area contributed by atoms with Crippen LogP contribution in [0.1, 0.15) is 374 Å². The van der Waals surface area contributed by atoms with Crippen molar-refractivity contribution >= 4 is 39.5 Å². The van der Waals surface area contributed by atoms with E-state index in [1.54, 1.807) is 0 Å². The number of rotatable bonds is 72. The third-order valence-electron chi connectivity index (χ3n) is 16.6. The fourth-order valence-corrected chi connectivity index (χ4v) is 12.4. The van der Waals surface area contributed by atoms with Crippen LogP contribution in [-0.4, -0.2) is 96.7 Å². The van der Waals surface area contributed by atoms with Gasteiger partial charge in [-0.2, -0.15) is 0 Å². The first-order chi connectivity index (χ1) is 43.7. The average Bonchev–Trinajstić information content (AvgIpc) is 3.67. The van der Waals surface area contributed by atoms with Crippen molar-refractivity contribution in [2.75, 3.05) is 39.6 Å². The molecule has 0 saturated heterocycles. The monoisotopic (exact) mass is 1320 g/mol. The summed E-state index contributed by atoms with van der Waals surface area (Å²) < 4.78 is 68.0. The molecule has 19 heteroatoms. The van der Waals surface area contributed by atoms with Gasteiger partial charge in [-0.1, -0.05) is 323 Å². The third kappa shape index (κ3) is 64.8. The van der Waals surface area contributed by atoms with E-state index in [1.165, 1.54) is 199 Å². The van der Waals surface area contributed by atoms with Crippen LogP contribution in [0, 0.1) is 0 Å². The first kappa shape index (κ1) is 88.1. The number of aliphatic hydroxyl groups excluding tert-OH is 1. The normalized spacial score (nSPS) is 14.0. The van der Waals surface area contributed by atoms with E-state index in [9.17, 15) is 43.2 Å². The Hall–Kier alpha value is -1.94. The Morgan fingerprint density at radius 1 is 0.267 bits per heavy atom. The van der Waals surface area contributed by atoms with E-state index in [0.717, 1.165) is 96.3 Å². The van der Waals surface area contributed by atoms with Gasteiger partial charge in [-0.15, -0.1) is 0 Å². The molecular formula is C71H138O17P2. The Bertz CT molecular complexity index is 1720. The van der Waals surface area contributed by atoms with Crippen LogP contribution in [0.5, 0.6) is 0 Å². The Balaban J connectivity index is 5.08. The van der Waals surface area contributed by atoms with Crippen LogP contribution in [0.4, 0.5) is 0 Å². The summed E-state index contributed by atoms with van der Waals surface area (Å²) in [5.41, 5.74) is 0. The van der Waals surface area contributed by atoms with Gasteiger partial charge in [0.15, 0.2) is 12.2 Å². The lowest BCUT2D eigenvalue weighted by Crippen LogP contribution is -2.30. The van der Waals surface area contributed by atoms with Crippen molar-refractivity contribution in [2.45, 2.75) is 393 Å². The van der Waals surface area contributed by atoms with Gasteiger partial charge in [0.25, 0.3) is 0 Å². The van der Waals surface area contributed by atoms with Gasteiger partial charge in [0.05, 0.1) is 26.4 Å². The van der Waals surface area contributed by atoms with Gasteiger partial charge in [0, 0.05) is 25.7 Å². The number of hydrogen-bond acceptors (Lipinski definition) is 15. The summed E-state index contributed by atoms with van der Waals surface area (Å²) in [5.74, 6) is -2.13. The zero-order valence-electron chi connectivity index (χ0n) is 58.1. The van der Waals surface area contributed by atoms with E-state index in [2.05, 4.69) is 27.7 Å². The second kappa shape index (κ2) is 65.7. The molecule has 0 bridgehead atoms. The highest BCUT2D eigenvalue weighted by Crippen LogP contribution is 2.45. The minimum absolute atomic E-state index is 0.106. The van der Waals surface area contributed by atoms with Crippen molar-refractivity contribution in [1.29, 1.82) is 0 Å². The largest absolute Gasteiger partial charge is 0.472 e. The maximum absolute atomic E-state index is 13.0. The van der Waals surface area contributed by atoms with Gasteiger partial charge in [-0.25, -0.2) is 9.13 Å². The highest BCUT2D eigenvalue weighted by Gasteiger charge is 2.30. The molecule has 90 heavy (non-hydrogen) atoms. The maximum Gasteiger partial charge on any atom is 0.472 e. The van der Waals surface area contributed by atoms with Crippen LogP contribution >= 0.6 is 15.6 Å². The summed E-state index contributed by atoms with van der Waals surface area (Å²) in [6, 6.07) is 0. The van der Waals surface area contributed by atoms with E-state index < -0.39 is 97.5 Å². The predicted octanol–water partition coefficient (Wildman–Crippen LogP) is 20.7. The second-order valence-electron chi connectivity index (χ2n) is 25.6. The number of carbonyl (C=O) groups is 4. The molecular weight excluding hydrogens is 1190 g/mol. The molecule has 0 spiro atoms. The average molecular weight is 1330 g/mol. The van der Waals surface area contributed by atoms with Gasteiger partial charge in [0.1, 0.15) is 19.3 Å². The summed E-state index contributed by atoms with van der Waals surface area (Å²) in [7, 11) is -9.89. The highest BCUT2D eigenvalue weighted by molar-refractivity contribution is 7.47. The molecule has 0 aromatic carbocycles. The Kier molecular flexibility index (Phi) is 64.3. The summed E-state index contributed by atoms with van der Waals surface area (Å²) in [6.45, 7) is 4.85. The molecule has 3 N–H and O–H groups in total. The van der Waals surface area contributed by atoms with Crippen LogP contribution < -0.4 is 0 Å². The molecule has 0 fully saturated rings. The summed E-state index contributed by atoms with van der Waals surface area (Å²) in [6.07, 6.45) is 54.6. The number of esters is 4. The molecule has 17 nitrogen and oxygen atoms in total.